The molecule has 1 saturated heterocycles. The van der Waals surface area contributed by atoms with E-state index in [-0.39, 0.29) is 24.4 Å². The van der Waals surface area contributed by atoms with Crippen LogP contribution in [0.2, 0.25) is 0 Å². The molecule has 2 N–H and O–H groups in total. The molecule has 0 amide bonds. The van der Waals surface area contributed by atoms with Gasteiger partial charge >= 0.3 is 0 Å². The number of hydrogen-bond donors (Lipinski definition) is 2. The molecule has 1 aliphatic carbocycles. The molecule has 0 radical (unpaired) electrons. The maximum atomic E-state index is 9.60. The van der Waals surface area contributed by atoms with Crippen LogP contribution in [0.4, 0.5) is 0 Å². The van der Waals surface area contributed by atoms with E-state index in [2.05, 4.69) is 17.1 Å². The number of ether oxygens (including phenoxy) is 2. The molecular weight excluding hydrogens is 256 g/mol. The van der Waals surface area contributed by atoms with Crippen molar-refractivity contribution in [2.45, 2.75) is 56.4 Å². The van der Waals surface area contributed by atoms with Crippen molar-refractivity contribution in [3.05, 3.63) is 0 Å². The van der Waals surface area contributed by atoms with Crippen LogP contribution in [0.15, 0.2) is 0 Å². The van der Waals surface area contributed by atoms with E-state index in [0.29, 0.717) is 6.04 Å². The monoisotopic (exact) mass is 286 g/mol. The Morgan fingerprint density at radius 3 is 2.25 bits per heavy atom. The van der Waals surface area contributed by atoms with E-state index in [1.165, 1.54) is 12.8 Å². The minimum atomic E-state index is -0.123. The van der Waals surface area contributed by atoms with Gasteiger partial charge in [-0.05, 0) is 39.2 Å². The fourth-order valence-corrected chi connectivity index (χ4v) is 3.06. The molecule has 0 spiro atoms. The average Bonchev–Trinajstić information content (AvgIpc) is 3.16. The fourth-order valence-electron chi connectivity index (χ4n) is 3.06. The van der Waals surface area contributed by atoms with Gasteiger partial charge in [0.1, 0.15) is 0 Å². The molecular formula is C15H30N2O3. The highest BCUT2D eigenvalue weighted by atomic mass is 16.5. The quantitative estimate of drug-likeness (QED) is 0.651. The number of likely N-dealkylation sites (tertiary alicyclic amines) is 1. The van der Waals surface area contributed by atoms with Crippen LogP contribution in [0.1, 0.15) is 32.6 Å². The minimum Gasteiger partial charge on any atom is -0.394 e. The van der Waals surface area contributed by atoms with Crippen molar-refractivity contribution in [3.63, 3.8) is 0 Å². The summed E-state index contributed by atoms with van der Waals surface area (Å²) in [5.41, 5.74) is -0.123. The summed E-state index contributed by atoms with van der Waals surface area (Å²) in [6.45, 7) is 5.28. The Bertz CT molecular complexity index is 287. The van der Waals surface area contributed by atoms with Gasteiger partial charge in [-0.3, -0.25) is 4.90 Å². The third-order valence-corrected chi connectivity index (χ3v) is 4.58. The molecule has 118 valence electrons. The van der Waals surface area contributed by atoms with E-state index >= 15 is 0 Å². The summed E-state index contributed by atoms with van der Waals surface area (Å²) in [7, 11) is 3.51. The zero-order valence-corrected chi connectivity index (χ0v) is 13.1. The number of aliphatic hydroxyl groups is 1. The molecule has 0 aromatic carbocycles. The lowest BCUT2D eigenvalue weighted by Crippen LogP contribution is -2.47. The summed E-state index contributed by atoms with van der Waals surface area (Å²) in [6.07, 6.45) is 4.98. The number of rotatable bonds is 9. The van der Waals surface area contributed by atoms with E-state index in [9.17, 15) is 5.11 Å². The summed E-state index contributed by atoms with van der Waals surface area (Å²) in [5, 5.41) is 13.2. The first kappa shape index (κ1) is 16.2. The van der Waals surface area contributed by atoms with E-state index in [0.717, 1.165) is 32.5 Å². The highest BCUT2D eigenvalue weighted by molar-refractivity contribution is 4.93. The Labute approximate surface area is 122 Å². The first-order valence-electron chi connectivity index (χ1n) is 7.76. The summed E-state index contributed by atoms with van der Waals surface area (Å²) < 4.78 is 10.9. The van der Waals surface area contributed by atoms with Crippen LogP contribution in [0.5, 0.6) is 0 Å². The van der Waals surface area contributed by atoms with Crippen LogP contribution in [-0.4, -0.2) is 74.3 Å². The smallest absolute Gasteiger partial charge is 0.0971 e. The van der Waals surface area contributed by atoms with Gasteiger partial charge in [-0.15, -0.1) is 0 Å². The molecule has 2 fully saturated rings. The van der Waals surface area contributed by atoms with Gasteiger partial charge in [0.05, 0.1) is 18.8 Å². The van der Waals surface area contributed by atoms with Crippen molar-refractivity contribution in [2.24, 2.45) is 0 Å². The Morgan fingerprint density at radius 2 is 1.80 bits per heavy atom. The first-order valence-corrected chi connectivity index (χ1v) is 7.76. The van der Waals surface area contributed by atoms with Crippen LogP contribution in [-0.2, 0) is 9.47 Å². The highest BCUT2D eigenvalue weighted by Crippen LogP contribution is 2.25. The number of hydrogen-bond acceptors (Lipinski definition) is 5. The Morgan fingerprint density at radius 1 is 1.20 bits per heavy atom. The van der Waals surface area contributed by atoms with Gasteiger partial charge in [-0.25, -0.2) is 0 Å². The largest absolute Gasteiger partial charge is 0.394 e. The van der Waals surface area contributed by atoms with Crippen LogP contribution in [0, 0.1) is 0 Å². The van der Waals surface area contributed by atoms with Crippen LogP contribution in [0.3, 0.4) is 0 Å². The van der Waals surface area contributed by atoms with Gasteiger partial charge in [-0.2, -0.15) is 0 Å². The second kappa shape index (κ2) is 7.18. The lowest BCUT2D eigenvalue weighted by molar-refractivity contribution is -0.00461. The fraction of sp³-hybridized carbons (Fsp3) is 1.00. The summed E-state index contributed by atoms with van der Waals surface area (Å²) in [5.74, 6) is 0. The second-order valence-electron chi connectivity index (χ2n) is 6.55. The van der Waals surface area contributed by atoms with Crippen molar-refractivity contribution in [3.8, 4) is 0 Å². The third kappa shape index (κ3) is 4.40. The van der Waals surface area contributed by atoms with E-state index < -0.39 is 0 Å². The van der Waals surface area contributed by atoms with Crippen molar-refractivity contribution in [1.29, 1.82) is 0 Å². The average molecular weight is 286 g/mol. The van der Waals surface area contributed by atoms with Crippen molar-refractivity contribution in [2.75, 3.05) is 40.5 Å². The van der Waals surface area contributed by atoms with Crippen molar-refractivity contribution < 1.29 is 14.6 Å². The molecule has 2 rings (SSSR count). The molecule has 0 bridgehead atoms. The van der Waals surface area contributed by atoms with Gasteiger partial charge in [0.15, 0.2) is 0 Å². The Hall–Kier alpha value is -0.200. The van der Waals surface area contributed by atoms with Crippen LogP contribution in [0.25, 0.3) is 0 Å². The van der Waals surface area contributed by atoms with Gasteiger partial charge < -0.3 is 19.9 Å². The standard InChI is InChI=1S/C15H30N2O3/c1-15(11-18,16-12-5-6-12)7-4-8-17-9-13(19-2)14(10-17)20-3/h12-14,16,18H,4-11H2,1-3H3. The minimum absolute atomic E-state index is 0.123. The van der Waals surface area contributed by atoms with Crippen LogP contribution < -0.4 is 5.32 Å². The molecule has 20 heavy (non-hydrogen) atoms. The number of nitrogens with zero attached hydrogens (tertiary/aromatic N) is 1. The summed E-state index contributed by atoms with van der Waals surface area (Å²) in [6, 6.07) is 0.634. The zero-order valence-electron chi connectivity index (χ0n) is 13.1. The molecule has 0 aromatic heterocycles. The van der Waals surface area contributed by atoms with Crippen LogP contribution >= 0.6 is 0 Å². The van der Waals surface area contributed by atoms with Crippen molar-refractivity contribution >= 4 is 0 Å². The number of methoxy groups -OCH3 is 2. The second-order valence-corrected chi connectivity index (χ2v) is 6.55. The summed E-state index contributed by atoms with van der Waals surface area (Å²) >= 11 is 0. The molecule has 0 aromatic rings. The predicted molar refractivity (Wildman–Crippen MR) is 78.9 cm³/mol. The normalized spacial score (nSPS) is 30.6. The summed E-state index contributed by atoms with van der Waals surface area (Å²) in [4.78, 5) is 2.40. The molecule has 3 atom stereocenters. The molecule has 2 aliphatic rings. The molecule has 1 saturated carbocycles. The molecule has 1 aliphatic heterocycles. The lowest BCUT2D eigenvalue weighted by atomic mass is 9.96. The highest BCUT2D eigenvalue weighted by Gasteiger charge is 2.34. The maximum Gasteiger partial charge on any atom is 0.0971 e. The number of aliphatic hydroxyl groups excluding tert-OH is 1. The topological polar surface area (TPSA) is 54.0 Å². The van der Waals surface area contributed by atoms with Gasteiger partial charge in [0.25, 0.3) is 0 Å². The number of nitrogens with one attached hydrogen (secondary N) is 1. The molecule has 1 heterocycles. The Balaban J connectivity index is 1.69. The van der Waals surface area contributed by atoms with E-state index in [1.54, 1.807) is 14.2 Å². The van der Waals surface area contributed by atoms with Crippen molar-refractivity contribution in [1.82, 2.24) is 10.2 Å². The van der Waals surface area contributed by atoms with Gasteiger partial charge in [-0.1, -0.05) is 0 Å². The molecule has 3 unspecified atom stereocenters. The third-order valence-electron chi connectivity index (χ3n) is 4.58. The first-order chi connectivity index (χ1) is 9.60. The van der Waals surface area contributed by atoms with E-state index in [4.69, 9.17) is 9.47 Å². The molecule has 5 heteroatoms. The Kier molecular flexibility index (Phi) is 5.81. The maximum absolute atomic E-state index is 9.60. The molecule has 5 nitrogen and oxygen atoms in total. The SMILES string of the molecule is COC1CN(CCCC(C)(CO)NC2CC2)CC1OC. The predicted octanol–water partition coefficient (Wildman–Crippen LogP) is 0.615. The zero-order chi connectivity index (χ0) is 14.6. The van der Waals surface area contributed by atoms with Gasteiger partial charge in [0.2, 0.25) is 0 Å². The lowest BCUT2D eigenvalue weighted by Gasteiger charge is -2.30. The van der Waals surface area contributed by atoms with Gasteiger partial charge in [0, 0.05) is 38.9 Å². The van der Waals surface area contributed by atoms with E-state index in [1.807, 2.05) is 0 Å².